The number of nitrogens with one attached hydrogen (secondary N) is 2. The van der Waals surface area contributed by atoms with Gasteiger partial charge in [-0.15, -0.1) is 11.3 Å². The minimum atomic E-state index is -0.111. The molecule has 0 amide bonds. The molecule has 0 unspecified atom stereocenters. The van der Waals surface area contributed by atoms with Gasteiger partial charge in [-0.25, -0.2) is 9.97 Å². The van der Waals surface area contributed by atoms with Gasteiger partial charge in [-0.1, -0.05) is 23.9 Å². The van der Waals surface area contributed by atoms with Crippen LogP contribution in [0.5, 0.6) is 0 Å². The maximum Gasteiger partial charge on any atom is 0.262 e. The molecule has 5 rings (SSSR count). The molecule has 0 radical (unpaired) electrons. The van der Waals surface area contributed by atoms with Gasteiger partial charge in [0.05, 0.1) is 41.8 Å². The molecular weight excluding hydrogens is 470 g/mol. The molecule has 4 aromatic rings. The van der Waals surface area contributed by atoms with Crippen LogP contribution >= 0.6 is 23.1 Å². The Labute approximate surface area is 205 Å². The quantitative estimate of drug-likeness (QED) is 0.299. The number of fused-ring (bicyclic) bond motifs is 2. The van der Waals surface area contributed by atoms with Gasteiger partial charge in [-0.2, -0.15) is 0 Å². The molecule has 3 aromatic heterocycles. The Morgan fingerprint density at radius 3 is 2.79 bits per heavy atom. The molecule has 0 bridgehead atoms. The summed E-state index contributed by atoms with van der Waals surface area (Å²) in [7, 11) is 0. The van der Waals surface area contributed by atoms with Crippen molar-refractivity contribution in [3.63, 3.8) is 0 Å². The first kappa shape index (κ1) is 23.2. The third-order valence-corrected chi connectivity index (χ3v) is 8.45. The average molecular weight is 499 g/mol. The molecule has 0 spiro atoms. The Balaban J connectivity index is 1.41. The van der Waals surface area contributed by atoms with Gasteiger partial charge in [0.25, 0.3) is 11.1 Å². The number of aromatic amines is 1. The third kappa shape index (κ3) is 4.68. The standard InChI is InChI=1S/C24H27N5O3S2/c1-15-16(2)34-22-20(15)21(30)26-19(27-22)14-33-24-25-18-7-4-3-6-17(18)23(31)29(24)9-5-8-28-10-12-32-13-11-28/h3-4,6-7H,5,8-14H2,1-2H3,(H,26,27,30)/p+1. The fraction of sp³-hybridized carbons (Fsp3) is 0.417. The van der Waals surface area contributed by atoms with Crippen LogP contribution in [0.1, 0.15) is 22.7 Å². The molecule has 34 heavy (non-hydrogen) atoms. The lowest BCUT2D eigenvalue weighted by atomic mass is 10.2. The summed E-state index contributed by atoms with van der Waals surface area (Å²) in [5.74, 6) is 1.02. The first-order valence-electron chi connectivity index (χ1n) is 11.5. The number of thiophene rings is 1. The molecular formula is C24H28N5O3S2+. The number of hydrogen-bond acceptors (Lipinski definition) is 7. The van der Waals surface area contributed by atoms with Crippen molar-refractivity contribution in [3.8, 4) is 0 Å². The molecule has 0 atom stereocenters. The zero-order valence-electron chi connectivity index (χ0n) is 19.3. The Morgan fingerprint density at radius 2 is 1.97 bits per heavy atom. The molecule has 10 heteroatoms. The Bertz CT molecular complexity index is 1450. The fourth-order valence-corrected chi connectivity index (χ4v) is 6.30. The summed E-state index contributed by atoms with van der Waals surface area (Å²) in [5, 5.41) is 1.95. The summed E-state index contributed by atoms with van der Waals surface area (Å²) in [6.07, 6.45) is 0.887. The molecule has 178 valence electrons. The fourth-order valence-electron chi connectivity index (χ4n) is 4.35. The highest BCUT2D eigenvalue weighted by molar-refractivity contribution is 7.98. The predicted octanol–water partition coefficient (Wildman–Crippen LogP) is 1.91. The Hall–Kier alpha value is -2.53. The van der Waals surface area contributed by atoms with Gasteiger partial charge < -0.3 is 14.6 Å². The van der Waals surface area contributed by atoms with E-state index in [0.717, 1.165) is 54.5 Å². The normalized spacial score (nSPS) is 14.9. The van der Waals surface area contributed by atoms with E-state index in [1.54, 1.807) is 4.57 Å². The van der Waals surface area contributed by atoms with E-state index in [4.69, 9.17) is 9.72 Å². The third-order valence-electron chi connectivity index (χ3n) is 6.36. The SMILES string of the molecule is Cc1sc2nc(CSc3nc4ccccc4c(=O)n3CCC[NH+]3CCOCC3)[nH]c(=O)c2c1C. The molecule has 1 saturated heterocycles. The lowest BCUT2D eigenvalue weighted by Crippen LogP contribution is -3.14. The number of rotatable bonds is 7. The molecule has 1 aliphatic rings. The number of aromatic nitrogens is 4. The number of para-hydroxylation sites is 1. The smallest absolute Gasteiger partial charge is 0.262 e. The second-order valence-corrected chi connectivity index (χ2v) is 10.7. The first-order valence-corrected chi connectivity index (χ1v) is 13.3. The Morgan fingerprint density at radius 1 is 1.18 bits per heavy atom. The van der Waals surface area contributed by atoms with Gasteiger partial charge in [0.1, 0.15) is 23.7 Å². The van der Waals surface area contributed by atoms with E-state index >= 15 is 0 Å². The monoisotopic (exact) mass is 498 g/mol. The van der Waals surface area contributed by atoms with Gasteiger partial charge in [-0.05, 0) is 31.5 Å². The highest BCUT2D eigenvalue weighted by Gasteiger charge is 2.17. The van der Waals surface area contributed by atoms with E-state index in [-0.39, 0.29) is 11.1 Å². The summed E-state index contributed by atoms with van der Waals surface area (Å²) in [4.78, 5) is 41.8. The second-order valence-electron chi connectivity index (χ2n) is 8.60. The zero-order valence-corrected chi connectivity index (χ0v) is 21.0. The minimum absolute atomic E-state index is 0.0218. The van der Waals surface area contributed by atoms with Crippen molar-refractivity contribution in [2.45, 2.75) is 37.7 Å². The summed E-state index contributed by atoms with van der Waals surface area (Å²) in [6, 6.07) is 7.46. The number of benzene rings is 1. The minimum Gasteiger partial charge on any atom is -0.370 e. The molecule has 0 saturated carbocycles. The van der Waals surface area contributed by atoms with Crippen LogP contribution in [-0.2, 0) is 17.0 Å². The van der Waals surface area contributed by atoms with Gasteiger partial charge in [0.15, 0.2) is 5.16 Å². The van der Waals surface area contributed by atoms with E-state index in [1.807, 2.05) is 38.1 Å². The molecule has 8 nitrogen and oxygen atoms in total. The highest BCUT2D eigenvalue weighted by atomic mass is 32.2. The van der Waals surface area contributed by atoms with Crippen LogP contribution in [0.15, 0.2) is 39.0 Å². The zero-order chi connectivity index (χ0) is 23.7. The maximum absolute atomic E-state index is 13.3. The van der Waals surface area contributed by atoms with Crippen LogP contribution in [0.3, 0.4) is 0 Å². The number of nitrogens with zero attached hydrogens (tertiary/aromatic N) is 3. The predicted molar refractivity (Wildman–Crippen MR) is 136 cm³/mol. The lowest BCUT2D eigenvalue weighted by molar-refractivity contribution is -0.908. The molecule has 4 heterocycles. The first-order chi connectivity index (χ1) is 16.5. The van der Waals surface area contributed by atoms with Crippen molar-refractivity contribution in [1.29, 1.82) is 0 Å². The topological polar surface area (TPSA) is 94.3 Å². The van der Waals surface area contributed by atoms with Crippen molar-refractivity contribution >= 4 is 44.2 Å². The van der Waals surface area contributed by atoms with Gasteiger partial charge in [0.2, 0.25) is 0 Å². The molecule has 0 aliphatic carbocycles. The van der Waals surface area contributed by atoms with Gasteiger partial charge in [-0.3, -0.25) is 14.2 Å². The molecule has 1 fully saturated rings. The van der Waals surface area contributed by atoms with Gasteiger partial charge >= 0.3 is 0 Å². The highest BCUT2D eigenvalue weighted by Crippen LogP contribution is 2.27. The summed E-state index contributed by atoms with van der Waals surface area (Å²) < 4.78 is 7.23. The van der Waals surface area contributed by atoms with Crippen molar-refractivity contribution in [2.75, 3.05) is 32.8 Å². The van der Waals surface area contributed by atoms with Crippen molar-refractivity contribution in [1.82, 2.24) is 19.5 Å². The number of hydrogen-bond donors (Lipinski definition) is 2. The number of morpholine rings is 1. The summed E-state index contributed by atoms with van der Waals surface area (Å²) in [6.45, 7) is 9.18. The van der Waals surface area contributed by atoms with Crippen LogP contribution in [0.2, 0.25) is 0 Å². The van der Waals surface area contributed by atoms with Crippen molar-refractivity contribution in [2.24, 2.45) is 0 Å². The second kappa shape index (κ2) is 9.99. The average Bonchev–Trinajstić information content (AvgIpc) is 3.13. The van der Waals surface area contributed by atoms with Crippen LogP contribution < -0.4 is 16.0 Å². The summed E-state index contributed by atoms with van der Waals surface area (Å²) in [5.41, 5.74) is 1.54. The van der Waals surface area contributed by atoms with E-state index in [0.29, 0.717) is 39.6 Å². The molecule has 1 aromatic carbocycles. The lowest BCUT2D eigenvalue weighted by Gasteiger charge is -2.24. The number of ether oxygens (including phenoxy) is 1. The van der Waals surface area contributed by atoms with E-state index in [2.05, 4.69) is 9.97 Å². The maximum atomic E-state index is 13.3. The van der Waals surface area contributed by atoms with Crippen LogP contribution in [-0.4, -0.2) is 52.4 Å². The molecule has 2 N–H and O–H groups in total. The van der Waals surface area contributed by atoms with Crippen LogP contribution in [0.4, 0.5) is 0 Å². The molecule has 1 aliphatic heterocycles. The van der Waals surface area contributed by atoms with Crippen molar-refractivity contribution < 1.29 is 9.64 Å². The number of H-pyrrole nitrogens is 1. The Kier molecular flexibility index (Phi) is 6.82. The number of aryl methyl sites for hydroxylation is 2. The van der Waals surface area contributed by atoms with Gasteiger partial charge in [0, 0.05) is 17.8 Å². The van der Waals surface area contributed by atoms with E-state index in [9.17, 15) is 9.59 Å². The van der Waals surface area contributed by atoms with E-state index < -0.39 is 0 Å². The largest absolute Gasteiger partial charge is 0.370 e. The van der Waals surface area contributed by atoms with Crippen molar-refractivity contribution in [3.05, 3.63) is 61.2 Å². The summed E-state index contributed by atoms with van der Waals surface area (Å²) >= 11 is 2.98. The van der Waals surface area contributed by atoms with Crippen LogP contribution in [0.25, 0.3) is 21.1 Å². The van der Waals surface area contributed by atoms with E-state index in [1.165, 1.54) is 28.0 Å². The number of thioether (sulfide) groups is 1. The number of quaternary nitrogens is 1. The van der Waals surface area contributed by atoms with Crippen LogP contribution in [0, 0.1) is 13.8 Å².